The van der Waals surface area contributed by atoms with Gasteiger partial charge in [-0.05, 0) is 35.1 Å². The van der Waals surface area contributed by atoms with E-state index in [2.05, 4.69) is 29.1 Å². The normalized spacial score (nSPS) is 14.2. The summed E-state index contributed by atoms with van der Waals surface area (Å²) in [4.78, 5) is 21.2. The summed E-state index contributed by atoms with van der Waals surface area (Å²) in [5.74, 6) is 2.00. The highest BCUT2D eigenvalue weighted by Gasteiger charge is 2.21. The van der Waals surface area contributed by atoms with E-state index in [-0.39, 0.29) is 17.9 Å². The zero-order valence-electron chi connectivity index (χ0n) is 15.7. The summed E-state index contributed by atoms with van der Waals surface area (Å²) >= 11 is 3.03. The van der Waals surface area contributed by atoms with Crippen LogP contribution >= 0.6 is 23.1 Å². The molecule has 3 aromatic rings. The molecule has 1 aliphatic heterocycles. The molecule has 1 aromatic carbocycles. The number of amides is 1. The van der Waals surface area contributed by atoms with E-state index < -0.39 is 0 Å². The minimum absolute atomic E-state index is 0.0260. The third-order valence-corrected chi connectivity index (χ3v) is 6.49. The van der Waals surface area contributed by atoms with Gasteiger partial charge in [0.05, 0.1) is 22.0 Å². The topological polar surface area (TPSA) is 73.3 Å². The summed E-state index contributed by atoms with van der Waals surface area (Å²) in [5, 5.41) is 5.98. The van der Waals surface area contributed by atoms with Crippen LogP contribution in [0.1, 0.15) is 25.5 Å². The van der Waals surface area contributed by atoms with E-state index in [1.807, 2.05) is 29.6 Å². The molecule has 0 fully saturated rings. The predicted molar refractivity (Wildman–Crippen MR) is 111 cm³/mol. The lowest BCUT2D eigenvalue weighted by molar-refractivity contribution is -0.119. The Balaban J connectivity index is 1.44. The van der Waals surface area contributed by atoms with E-state index in [1.165, 1.54) is 11.8 Å². The Morgan fingerprint density at radius 3 is 2.86 bits per heavy atom. The number of carbonyl (C=O) groups excluding carboxylic acids is 1. The van der Waals surface area contributed by atoms with Gasteiger partial charge in [-0.2, -0.15) is 0 Å². The summed E-state index contributed by atoms with van der Waals surface area (Å²) in [6.07, 6.45) is 1.54. The molecule has 0 radical (unpaired) electrons. The van der Waals surface area contributed by atoms with Gasteiger partial charge in [-0.15, -0.1) is 11.3 Å². The summed E-state index contributed by atoms with van der Waals surface area (Å²) in [5.41, 5.74) is 1.93. The van der Waals surface area contributed by atoms with Gasteiger partial charge in [0.2, 0.25) is 5.91 Å². The molecule has 0 aliphatic carbocycles. The number of nitrogens with one attached hydrogen (secondary N) is 1. The maximum atomic E-state index is 12.6. The first kappa shape index (κ1) is 19.0. The lowest BCUT2D eigenvalue weighted by Gasteiger charge is -2.25. The molecular formula is C20H21N3O3S2. The van der Waals surface area contributed by atoms with Crippen LogP contribution < -0.4 is 14.8 Å². The standard InChI is InChI=1S/C20H21N3O3S2/c1-12(2)18(13-3-4-15-16(9-13)26-7-6-25-15)23-17(24)10-28-20-19-14(5-8-27-19)21-11-22-20/h3-5,8-9,11-12,18H,6-7,10H2,1-2H3,(H,23,24). The molecule has 146 valence electrons. The summed E-state index contributed by atoms with van der Waals surface area (Å²) < 4.78 is 12.3. The van der Waals surface area contributed by atoms with Gasteiger partial charge in [0.1, 0.15) is 24.6 Å². The number of ether oxygens (including phenoxy) is 2. The molecule has 1 N–H and O–H groups in total. The minimum Gasteiger partial charge on any atom is -0.486 e. The lowest BCUT2D eigenvalue weighted by atomic mass is 9.95. The predicted octanol–water partition coefficient (Wildman–Crippen LogP) is 4.07. The van der Waals surface area contributed by atoms with Crippen molar-refractivity contribution in [2.75, 3.05) is 19.0 Å². The monoisotopic (exact) mass is 415 g/mol. The Bertz CT molecular complexity index is 990. The first-order chi connectivity index (χ1) is 13.6. The first-order valence-electron chi connectivity index (χ1n) is 9.11. The van der Waals surface area contributed by atoms with Crippen LogP contribution in [0, 0.1) is 5.92 Å². The van der Waals surface area contributed by atoms with Crippen LogP contribution in [0.2, 0.25) is 0 Å². The van der Waals surface area contributed by atoms with E-state index in [0.717, 1.165) is 32.3 Å². The van der Waals surface area contributed by atoms with Crippen molar-refractivity contribution in [1.82, 2.24) is 15.3 Å². The van der Waals surface area contributed by atoms with Crippen LogP contribution in [0.3, 0.4) is 0 Å². The van der Waals surface area contributed by atoms with Gasteiger partial charge in [0.15, 0.2) is 11.5 Å². The van der Waals surface area contributed by atoms with Crippen molar-refractivity contribution in [2.24, 2.45) is 5.92 Å². The van der Waals surface area contributed by atoms with Gasteiger partial charge in [-0.1, -0.05) is 31.7 Å². The van der Waals surface area contributed by atoms with Crippen molar-refractivity contribution < 1.29 is 14.3 Å². The molecule has 2 aromatic heterocycles. The van der Waals surface area contributed by atoms with E-state index in [9.17, 15) is 4.79 Å². The molecule has 6 nitrogen and oxygen atoms in total. The molecule has 28 heavy (non-hydrogen) atoms. The minimum atomic E-state index is -0.101. The molecule has 1 atom stereocenters. The Morgan fingerprint density at radius 2 is 2.04 bits per heavy atom. The Kier molecular flexibility index (Phi) is 5.68. The fraction of sp³-hybridized carbons (Fsp3) is 0.350. The molecule has 1 amide bonds. The maximum absolute atomic E-state index is 12.6. The third-order valence-electron chi connectivity index (χ3n) is 4.46. The molecular weight excluding hydrogens is 394 g/mol. The lowest BCUT2D eigenvalue weighted by Crippen LogP contribution is -2.33. The Morgan fingerprint density at radius 1 is 1.21 bits per heavy atom. The number of thioether (sulfide) groups is 1. The molecule has 8 heteroatoms. The number of hydrogen-bond donors (Lipinski definition) is 1. The number of aromatic nitrogens is 2. The zero-order chi connectivity index (χ0) is 19.5. The quantitative estimate of drug-likeness (QED) is 0.483. The largest absolute Gasteiger partial charge is 0.486 e. The Hall–Kier alpha value is -2.32. The second-order valence-corrected chi connectivity index (χ2v) is 8.67. The number of benzene rings is 1. The van der Waals surface area contributed by atoms with Crippen molar-refractivity contribution in [2.45, 2.75) is 24.9 Å². The SMILES string of the molecule is CC(C)C(NC(=O)CSc1ncnc2ccsc12)c1ccc2c(c1)OCCO2. The molecule has 0 spiro atoms. The third kappa shape index (κ3) is 4.07. The van der Waals surface area contributed by atoms with Crippen LogP contribution in [0.25, 0.3) is 10.2 Å². The average molecular weight is 416 g/mol. The number of fused-ring (bicyclic) bond motifs is 2. The van der Waals surface area contributed by atoms with Crippen molar-refractivity contribution in [3.05, 3.63) is 41.5 Å². The number of nitrogens with zero attached hydrogens (tertiary/aromatic N) is 2. The fourth-order valence-electron chi connectivity index (χ4n) is 3.11. The van der Waals surface area contributed by atoms with Crippen molar-refractivity contribution >= 4 is 39.2 Å². The smallest absolute Gasteiger partial charge is 0.230 e. The highest BCUT2D eigenvalue weighted by Crippen LogP contribution is 2.34. The van der Waals surface area contributed by atoms with Gasteiger partial charge in [0.25, 0.3) is 0 Å². The molecule has 0 saturated carbocycles. The van der Waals surface area contributed by atoms with Crippen LogP contribution in [0.5, 0.6) is 11.5 Å². The summed E-state index contributed by atoms with van der Waals surface area (Å²) in [6, 6.07) is 7.73. The summed E-state index contributed by atoms with van der Waals surface area (Å²) in [6.45, 7) is 5.29. The van der Waals surface area contributed by atoms with Crippen molar-refractivity contribution in [3.8, 4) is 11.5 Å². The molecule has 4 rings (SSSR count). The second-order valence-electron chi connectivity index (χ2n) is 6.79. The molecule has 3 heterocycles. The molecule has 0 saturated heterocycles. The van der Waals surface area contributed by atoms with Gasteiger partial charge < -0.3 is 14.8 Å². The molecule has 1 unspecified atom stereocenters. The first-order valence-corrected chi connectivity index (χ1v) is 11.0. The average Bonchev–Trinajstić information content (AvgIpc) is 3.19. The van der Waals surface area contributed by atoms with Gasteiger partial charge in [-0.3, -0.25) is 4.79 Å². The van der Waals surface area contributed by atoms with Crippen LogP contribution in [-0.4, -0.2) is 34.8 Å². The van der Waals surface area contributed by atoms with Gasteiger partial charge >= 0.3 is 0 Å². The van der Waals surface area contributed by atoms with Gasteiger partial charge in [0, 0.05) is 0 Å². The molecule has 0 bridgehead atoms. The fourth-order valence-corrected chi connectivity index (χ4v) is 4.86. The van der Waals surface area contributed by atoms with E-state index >= 15 is 0 Å². The number of carbonyl (C=O) groups is 1. The maximum Gasteiger partial charge on any atom is 0.230 e. The summed E-state index contributed by atoms with van der Waals surface area (Å²) in [7, 11) is 0. The number of rotatable bonds is 6. The number of hydrogen-bond acceptors (Lipinski definition) is 7. The molecule has 1 aliphatic rings. The van der Waals surface area contributed by atoms with Gasteiger partial charge in [-0.25, -0.2) is 9.97 Å². The van der Waals surface area contributed by atoms with Crippen LogP contribution in [0.4, 0.5) is 0 Å². The second kappa shape index (κ2) is 8.36. The highest BCUT2D eigenvalue weighted by atomic mass is 32.2. The van der Waals surface area contributed by atoms with Crippen molar-refractivity contribution in [1.29, 1.82) is 0 Å². The van der Waals surface area contributed by atoms with Crippen LogP contribution in [0.15, 0.2) is 41.0 Å². The van der Waals surface area contributed by atoms with Crippen LogP contribution in [-0.2, 0) is 4.79 Å². The van der Waals surface area contributed by atoms with Crippen molar-refractivity contribution in [3.63, 3.8) is 0 Å². The zero-order valence-corrected chi connectivity index (χ0v) is 17.3. The highest BCUT2D eigenvalue weighted by molar-refractivity contribution is 8.00. The Labute approximate surface area is 171 Å². The van der Waals surface area contributed by atoms with E-state index in [1.54, 1.807) is 17.7 Å². The van der Waals surface area contributed by atoms with E-state index in [0.29, 0.717) is 19.0 Å². The van der Waals surface area contributed by atoms with E-state index in [4.69, 9.17) is 9.47 Å². The number of thiophene rings is 1.